The predicted octanol–water partition coefficient (Wildman–Crippen LogP) is 3.32. The van der Waals surface area contributed by atoms with Gasteiger partial charge in [-0.25, -0.2) is 9.78 Å². The van der Waals surface area contributed by atoms with Gasteiger partial charge in [-0.15, -0.1) is 11.3 Å². The number of benzene rings is 2. The molecule has 1 aliphatic heterocycles. The van der Waals surface area contributed by atoms with Crippen molar-refractivity contribution in [3.8, 4) is 0 Å². The number of fused-ring (bicyclic) bond motifs is 1. The van der Waals surface area contributed by atoms with Gasteiger partial charge in [0.1, 0.15) is 12.1 Å². The largest absolute Gasteiger partial charge is 0.325 e. The van der Waals surface area contributed by atoms with E-state index in [0.717, 1.165) is 25.7 Å². The average Bonchev–Trinajstić information content (AvgIpc) is 3.14. The fraction of sp³-hybridized carbons (Fsp3) is 0.238. The Morgan fingerprint density at radius 1 is 1.17 bits per heavy atom. The summed E-state index contributed by atoms with van der Waals surface area (Å²) in [4.78, 5) is 43.2. The Bertz CT molecular complexity index is 1140. The fourth-order valence-electron chi connectivity index (χ4n) is 3.38. The van der Waals surface area contributed by atoms with Gasteiger partial charge in [0.2, 0.25) is 5.91 Å². The minimum Gasteiger partial charge on any atom is -0.324 e. The lowest BCUT2D eigenvalue weighted by atomic mass is 9.91. The molecule has 0 spiro atoms. The number of thiazole rings is 1. The number of amides is 4. The van der Waals surface area contributed by atoms with Crippen molar-refractivity contribution >= 4 is 45.1 Å². The van der Waals surface area contributed by atoms with Crippen LogP contribution < -0.4 is 10.6 Å². The number of aromatic nitrogens is 1. The first-order valence-electron chi connectivity index (χ1n) is 9.14. The highest BCUT2D eigenvalue weighted by Gasteiger charge is 2.49. The molecule has 29 heavy (non-hydrogen) atoms. The van der Waals surface area contributed by atoms with Crippen molar-refractivity contribution in [2.45, 2.75) is 26.3 Å². The van der Waals surface area contributed by atoms with Gasteiger partial charge in [-0.05, 0) is 44.5 Å². The van der Waals surface area contributed by atoms with Gasteiger partial charge in [0.05, 0.1) is 15.2 Å². The molecule has 0 radical (unpaired) electrons. The van der Waals surface area contributed by atoms with Gasteiger partial charge in [0.15, 0.2) is 0 Å². The highest BCUT2D eigenvalue weighted by molar-refractivity contribution is 7.18. The third-order valence-corrected chi connectivity index (χ3v) is 5.92. The molecule has 7 nitrogen and oxygen atoms in total. The number of carbonyl (C=O) groups excluding carboxylic acids is 3. The predicted molar refractivity (Wildman–Crippen MR) is 112 cm³/mol. The summed E-state index contributed by atoms with van der Waals surface area (Å²) in [5, 5.41) is 6.41. The lowest BCUT2D eigenvalue weighted by Gasteiger charge is -2.22. The van der Waals surface area contributed by atoms with E-state index in [1.807, 2.05) is 50.2 Å². The van der Waals surface area contributed by atoms with Crippen LogP contribution in [0.4, 0.5) is 10.5 Å². The van der Waals surface area contributed by atoms with Crippen molar-refractivity contribution in [1.82, 2.24) is 15.2 Å². The molecule has 2 N–H and O–H groups in total. The number of hydrogen-bond acceptors (Lipinski definition) is 5. The molecule has 8 heteroatoms. The monoisotopic (exact) mass is 408 g/mol. The van der Waals surface area contributed by atoms with Gasteiger partial charge in [0, 0.05) is 5.69 Å². The first-order valence-corrected chi connectivity index (χ1v) is 9.96. The standard InChI is InChI=1S/C21H20N4O3S/c1-12-4-6-14(7-5-12)21(3)19(27)25(20(28)24-21)11-18(26)23-15-8-9-16-17(10-15)29-13(2)22-16/h4-10H,11H2,1-3H3,(H,23,26)(H,24,28)/t21-/m1/s1. The van der Waals surface area contributed by atoms with E-state index in [-0.39, 0.29) is 6.54 Å². The van der Waals surface area contributed by atoms with E-state index < -0.39 is 23.4 Å². The molecule has 0 saturated carbocycles. The Morgan fingerprint density at radius 2 is 1.90 bits per heavy atom. The average molecular weight is 408 g/mol. The Morgan fingerprint density at radius 3 is 2.62 bits per heavy atom. The van der Waals surface area contributed by atoms with Gasteiger partial charge in [-0.1, -0.05) is 29.8 Å². The third-order valence-electron chi connectivity index (χ3n) is 4.98. The van der Waals surface area contributed by atoms with E-state index in [9.17, 15) is 14.4 Å². The number of aryl methyl sites for hydroxylation is 2. The van der Waals surface area contributed by atoms with E-state index in [1.54, 1.807) is 13.0 Å². The van der Waals surface area contributed by atoms with Crippen LogP contribution >= 0.6 is 11.3 Å². The molecule has 2 aromatic carbocycles. The van der Waals surface area contributed by atoms with Gasteiger partial charge in [0.25, 0.3) is 5.91 Å². The SMILES string of the molecule is Cc1ccc([C@@]2(C)NC(=O)N(CC(=O)Nc3ccc4nc(C)sc4c3)C2=O)cc1. The fourth-order valence-corrected chi connectivity index (χ4v) is 4.25. The smallest absolute Gasteiger partial charge is 0.324 e. The maximum absolute atomic E-state index is 12.9. The lowest BCUT2D eigenvalue weighted by Crippen LogP contribution is -2.42. The van der Waals surface area contributed by atoms with Crippen molar-refractivity contribution in [3.05, 3.63) is 58.6 Å². The molecule has 0 bridgehead atoms. The third kappa shape index (κ3) is 3.47. The molecule has 1 atom stereocenters. The van der Waals surface area contributed by atoms with Crippen LogP contribution in [0.25, 0.3) is 10.2 Å². The minimum absolute atomic E-state index is 0.355. The van der Waals surface area contributed by atoms with E-state index in [0.29, 0.717) is 11.3 Å². The number of hydrogen-bond donors (Lipinski definition) is 2. The molecule has 1 saturated heterocycles. The number of carbonyl (C=O) groups is 3. The van der Waals surface area contributed by atoms with Crippen LogP contribution in [-0.2, 0) is 15.1 Å². The summed E-state index contributed by atoms with van der Waals surface area (Å²) in [7, 11) is 0. The number of urea groups is 1. The molecule has 1 aliphatic rings. The van der Waals surface area contributed by atoms with Gasteiger partial charge < -0.3 is 10.6 Å². The molecule has 4 amide bonds. The summed E-state index contributed by atoms with van der Waals surface area (Å²) in [6.07, 6.45) is 0. The Labute approximate surface area is 171 Å². The topological polar surface area (TPSA) is 91.4 Å². The van der Waals surface area contributed by atoms with Gasteiger partial charge >= 0.3 is 6.03 Å². The summed E-state index contributed by atoms with van der Waals surface area (Å²) in [6, 6.07) is 12.2. The number of nitrogens with one attached hydrogen (secondary N) is 2. The second kappa shape index (κ2) is 6.97. The van der Waals surface area contributed by atoms with Crippen molar-refractivity contribution in [2.75, 3.05) is 11.9 Å². The molecular weight excluding hydrogens is 388 g/mol. The van der Waals surface area contributed by atoms with Crippen LogP contribution in [0.1, 0.15) is 23.1 Å². The summed E-state index contributed by atoms with van der Waals surface area (Å²) < 4.78 is 0.960. The lowest BCUT2D eigenvalue weighted by molar-refractivity contribution is -0.133. The van der Waals surface area contributed by atoms with E-state index in [4.69, 9.17) is 0 Å². The number of rotatable bonds is 4. The summed E-state index contributed by atoms with van der Waals surface area (Å²) in [5.74, 6) is -0.891. The zero-order chi connectivity index (χ0) is 20.8. The number of nitrogens with zero attached hydrogens (tertiary/aromatic N) is 2. The maximum Gasteiger partial charge on any atom is 0.325 e. The van der Waals surface area contributed by atoms with E-state index in [1.165, 1.54) is 11.3 Å². The molecule has 4 rings (SSSR count). The Balaban J connectivity index is 1.49. The van der Waals surface area contributed by atoms with Crippen LogP contribution in [0.5, 0.6) is 0 Å². The number of imide groups is 1. The maximum atomic E-state index is 12.9. The molecular formula is C21H20N4O3S. The van der Waals surface area contributed by atoms with E-state index >= 15 is 0 Å². The van der Waals surface area contributed by atoms with E-state index in [2.05, 4.69) is 15.6 Å². The Hall–Kier alpha value is -3.26. The van der Waals surface area contributed by atoms with Crippen LogP contribution in [0.15, 0.2) is 42.5 Å². The second-order valence-electron chi connectivity index (χ2n) is 7.28. The number of anilines is 1. The zero-order valence-electron chi connectivity index (χ0n) is 16.3. The molecule has 1 aromatic heterocycles. The normalized spacial score (nSPS) is 18.9. The zero-order valence-corrected chi connectivity index (χ0v) is 17.1. The van der Waals surface area contributed by atoms with Crippen LogP contribution in [-0.4, -0.2) is 34.3 Å². The second-order valence-corrected chi connectivity index (χ2v) is 8.51. The molecule has 0 unspecified atom stereocenters. The summed E-state index contributed by atoms with van der Waals surface area (Å²) >= 11 is 1.53. The van der Waals surface area contributed by atoms with Gasteiger partial charge in [-0.2, -0.15) is 0 Å². The first-order chi connectivity index (χ1) is 13.8. The van der Waals surface area contributed by atoms with Crippen molar-refractivity contribution in [3.63, 3.8) is 0 Å². The van der Waals surface area contributed by atoms with Gasteiger partial charge in [-0.3, -0.25) is 14.5 Å². The van der Waals surface area contributed by atoms with Crippen molar-refractivity contribution < 1.29 is 14.4 Å². The van der Waals surface area contributed by atoms with Crippen LogP contribution in [0.3, 0.4) is 0 Å². The Kier molecular flexibility index (Phi) is 4.58. The minimum atomic E-state index is -1.19. The quantitative estimate of drug-likeness (QED) is 0.648. The highest BCUT2D eigenvalue weighted by Crippen LogP contribution is 2.29. The highest BCUT2D eigenvalue weighted by atomic mass is 32.1. The van der Waals surface area contributed by atoms with Crippen molar-refractivity contribution in [2.24, 2.45) is 0 Å². The molecule has 3 aromatic rings. The molecule has 0 aliphatic carbocycles. The van der Waals surface area contributed by atoms with Crippen LogP contribution in [0.2, 0.25) is 0 Å². The molecule has 148 valence electrons. The molecule has 2 heterocycles. The first kappa shape index (κ1) is 19.1. The molecule has 1 fully saturated rings. The van der Waals surface area contributed by atoms with Crippen molar-refractivity contribution in [1.29, 1.82) is 0 Å². The van der Waals surface area contributed by atoms with Crippen LogP contribution in [0, 0.1) is 13.8 Å². The summed E-state index contributed by atoms with van der Waals surface area (Å²) in [6.45, 7) is 5.16. The summed E-state index contributed by atoms with van der Waals surface area (Å²) in [5.41, 5.74) is 2.01.